The molecule has 0 N–H and O–H groups in total. The van der Waals surface area contributed by atoms with Gasteiger partial charge in [0.1, 0.15) is 0 Å². The molecule has 0 saturated carbocycles. The second kappa shape index (κ2) is 8.77. The van der Waals surface area contributed by atoms with Crippen LogP contribution in [0.3, 0.4) is 0 Å². The Hall–Kier alpha value is -4.97. The van der Waals surface area contributed by atoms with Crippen molar-refractivity contribution in [3.8, 4) is 11.3 Å². The molecule has 0 fully saturated rings. The van der Waals surface area contributed by atoms with E-state index in [2.05, 4.69) is 132 Å². The summed E-state index contributed by atoms with van der Waals surface area (Å²) in [4.78, 5) is 5.23. The number of hydrogen-bond acceptors (Lipinski definition) is 4. The minimum atomic E-state index is 0.904. The molecule has 202 valence electrons. The minimum Gasteiger partial charge on any atom is -0.312 e. The van der Waals surface area contributed by atoms with Crippen molar-refractivity contribution >= 4 is 88.2 Å². The molecule has 0 saturated heterocycles. The monoisotopic (exact) mass is 585 g/mol. The number of allylic oxidation sites excluding steroid dienone is 1. The van der Waals surface area contributed by atoms with Gasteiger partial charge >= 0.3 is 0 Å². The molecule has 4 aromatic heterocycles. The van der Waals surface area contributed by atoms with Gasteiger partial charge in [-0.25, -0.2) is 4.52 Å². The molecule has 0 amide bonds. The largest absolute Gasteiger partial charge is 0.312 e. The smallest absolute Gasteiger partial charge is 0.0934 e. The van der Waals surface area contributed by atoms with Crippen LogP contribution in [0.15, 0.2) is 121 Å². The number of pyridine rings is 1. The summed E-state index contributed by atoms with van der Waals surface area (Å²) >= 11 is 3.81. The van der Waals surface area contributed by atoms with E-state index in [0.717, 1.165) is 28.9 Å². The summed E-state index contributed by atoms with van der Waals surface area (Å²) in [6.07, 6.45) is 7.92. The normalized spacial score (nSPS) is 14.2. The Bertz CT molecular complexity index is 2450. The fourth-order valence-corrected chi connectivity index (χ4v) is 9.13. The van der Waals surface area contributed by atoms with Crippen LogP contribution in [0.4, 0.5) is 11.4 Å². The maximum absolute atomic E-state index is 5.02. The number of thiophene rings is 2. The first-order chi connectivity index (χ1) is 21.3. The fraction of sp³-hybridized carbons (Fsp3) is 0.0263. The molecule has 3 nitrogen and oxygen atoms in total. The Kier molecular flexibility index (Phi) is 4.81. The van der Waals surface area contributed by atoms with Gasteiger partial charge in [-0.2, -0.15) is 5.10 Å². The summed E-state index contributed by atoms with van der Waals surface area (Å²) in [5.74, 6) is 0. The van der Waals surface area contributed by atoms with Crippen LogP contribution in [0.5, 0.6) is 0 Å². The van der Waals surface area contributed by atoms with E-state index in [0.29, 0.717) is 0 Å². The van der Waals surface area contributed by atoms with Crippen molar-refractivity contribution in [2.45, 2.75) is 6.42 Å². The van der Waals surface area contributed by atoms with Gasteiger partial charge in [0.15, 0.2) is 0 Å². The Morgan fingerprint density at radius 3 is 2.37 bits per heavy atom. The molecule has 2 aliphatic rings. The van der Waals surface area contributed by atoms with Crippen LogP contribution in [0.2, 0.25) is 0 Å². The Balaban J connectivity index is 1.19. The topological polar surface area (TPSA) is 20.5 Å². The minimum absolute atomic E-state index is 0.904. The summed E-state index contributed by atoms with van der Waals surface area (Å²) in [7, 11) is 0. The van der Waals surface area contributed by atoms with Crippen molar-refractivity contribution in [3.05, 3.63) is 136 Å². The molecule has 5 heterocycles. The average molecular weight is 586 g/mol. The second-order valence-corrected chi connectivity index (χ2v) is 13.5. The summed E-state index contributed by atoms with van der Waals surface area (Å²) in [5, 5.41) is 10.1. The van der Waals surface area contributed by atoms with Crippen LogP contribution in [-0.2, 0) is 0 Å². The standard InChI is InChI=1S/C38H23N3S2/c1-2-9-25-22-40-28(16-23(25)8-1)21-33(39-40)24-10-7-11-27(17-24)41-29-18-26(38-37(41)31-13-4-6-15-35(31)43-38)19-36-32(20-29)30-12-3-5-14-34(30)42-36/h1-17,19-22H,18H2. The highest BCUT2D eigenvalue weighted by Crippen LogP contribution is 2.54. The van der Waals surface area contributed by atoms with Crippen LogP contribution in [-0.4, -0.2) is 9.61 Å². The van der Waals surface area contributed by atoms with Crippen molar-refractivity contribution in [3.63, 3.8) is 0 Å². The van der Waals surface area contributed by atoms with Crippen molar-refractivity contribution < 1.29 is 0 Å². The number of anilines is 2. The average Bonchev–Trinajstić information content (AvgIpc) is 3.71. The van der Waals surface area contributed by atoms with Crippen molar-refractivity contribution in [2.24, 2.45) is 0 Å². The van der Waals surface area contributed by atoms with E-state index in [1.807, 2.05) is 27.2 Å². The van der Waals surface area contributed by atoms with Crippen LogP contribution >= 0.6 is 22.7 Å². The molecule has 1 aliphatic carbocycles. The molecule has 0 atom stereocenters. The van der Waals surface area contributed by atoms with E-state index >= 15 is 0 Å². The van der Waals surface area contributed by atoms with E-state index in [9.17, 15) is 0 Å². The van der Waals surface area contributed by atoms with Gasteiger partial charge in [0.05, 0.1) is 21.8 Å². The number of aromatic nitrogens is 2. The molecule has 10 rings (SSSR count). The SMILES string of the molecule is C1=C2CC(=Cc3c1sc1ccccc31)N(c1cccc(-c3cc4cc5ccccc5cn4n3)c1)c1c2sc2ccccc12. The molecule has 4 aromatic carbocycles. The zero-order chi connectivity index (χ0) is 28.1. The highest BCUT2D eigenvalue weighted by Gasteiger charge is 2.32. The van der Waals surface area contributed by atoms with Crippen LogP contribution in [0.1, 0.15) is 21.7 Å². The van der Waals surface area contributed by atoms with Gasteiger partial charge < -0.3 is 4.90 Å². The number of benzene rings is 4. The van der Waals surface area contributed by atoms with E-state index in [1.165, 1.54) is 63.2 Å². The van der Waals surface area contributed by atoms with Gasteiger partial charge in [0.2, 0.25) is 0 Å². The van der Waals surface area contributed by atoms with Gasteiger partial charge in [-0.1, -0.05) is 72.8 Å². The van der Waals surface area contributed by atoms with E-state index in [1.54, 1.807) is 0 Å². The van der Waals surface area contributed by atoms with Crippen molar-refractivity contribution in [1.29, 1.82) is 0 Å². The quantitative estimate of drug-likeness (QED) is 0.201. The first-order valence-corrected chi connectivity index (χ1v) is 16.1. The fourth-order valence-electron chi connectivity index (χ4n) is 6.78. The maximum Gasteiger partial charge on any atom is 0.0934 e. The van der Waals surface area contributed by atoms with Gasteiger partial charge in [-0.3, -0.25) is 0 Å². The summed E-state index contributed by atoms with van der Waals surface area (Å²) in [6, 6.07) is 39.4. The second-order valence-electron chi connectivity index (χ2n) is 11.3. The van der Waals surface area contributed by atoms with Crippen LogP contribution < -0.4 is 4.90 Å². The van der Waals surface area contributed by atoms with E-state index in [-0.39, 0.29) is 0 Å². The zero-order valence-corrected chi connectivity index (χ0v) is 24.6. The van der Waals surface area contributed by atoms with Gasteiger partial charge in [0, 0.05) is 65.6 Å². The Labute approximate surface area is 255 Å². The lowest BCUT2D eigenvalue weighted by Crippen LogP contribution is -2.20. The van der Waals surface area contributed by atoms with Crippen molar-refractivity contribution in [2.75, 3.05) is 4.90 Å². The first kappa shape index (κ1) is 23.6. The molecule has 0 unspecified atom stereocenters. The summed E-state index contributed by atoms with van der Waals surface area (Å²) < 4.78 is 4.67. The summed E-state index contributed by atoms with van der Waals surface area (Å²) in [6.45, 7) is 0. The number of hydrogen-bond donors (Lipinski definition) is 0. The lowest BCUT2D eigenvalue weighted by atomic mass is 9.98. The predicted molar refractivity (Wildman–Crippen MR) is 184 cm³/mol. The number of nitrogens with zero attached hydrogens (tertiary/aromatic N) is 3. The Morgan fingerprint density at radius 1 is 0.674 bits per heavy atom. The highest BCUT2D eigenvalue weighted by molar-refractivity contribution is 7.21. The first-order valence-electron chi connectivity index (χ1n) is 14.5. The molecule has 1 aliphatic heterocycles. The number of rotatable bonds is 2. The highest BCUT2D eigenvalue weighted by atomic mass is 32.1. The molecule has 43 heavy (non-hydrogen) atoms. The summed E-state index contributed by atoms with van der Waals surface area (Å²) in [5.41, 5.74) is 9.70. The van der Waals surface area contributed by atoms with Gasteiger partial charge in [-0.15, -0.1) is 22.7 Å². The predicted octanol–water partition coefficient (Wildman–Crippen LogP) is 11.0. The number of fused-ring (bicyclic) bond motifs is 11. The van der Waals surface area contributed by atoms with E-state index < -0.39 is 0 Å². The molecule has 8 aromatic rings. The molecule has 5 heteroatoms. The zero-order valence-electron chi connectivity index (χ0n) is 23.0. The van der Waals surface area contributed by atoms with Crippen LogP contribution in [0.25, 0.3) is 65.4 Å². The lowest BCUT2D eigenvalue weighted by Gasteiger charge is -2.33. The van der Waals surface area contributed by atoms with Gasteiger partial charge in [-0.05, 0) is 59.5 Å². The lowest BCUT2D eigenvalue weighted by molar-refractivity contribution is 0.974. The van der Waals surface area contributed by atoms with Crippen molar-refractivity contribution in [1.82, 2.24) is 9.61 Å². The molecule has 0 spiro atoms. The molecular weight excluding hydrogens is 563 g/mol. The molecule has 2 bridgehead atoms. The third-order valence-corrected chi connectivity index (χ3v) is 11.1. The third kappa shape index (κ3) is 3.49. The molecule has 0 radical (unpaired) electrons. The van der Waals surface area contributed by atoms with Crippen LogP contribution in [0, 0.1) is 0 Å². The van der Waals surface area contributed by atoms with E-state index in [4.69, 9.17) is 5.10 Å². The third-order valence-electron chi connectivity index (χ3n) is 8.75. The Morgan fingerprint density at radius 2 is 1.47 bits per heavy atom. The van der Waals surface area contributed by atoms with Gasteiger partial charge in [0.25, 0.3) is 0 Å². The maximum atomic E-state index is 5.02. The molecular formula is C38H23N3S2.